The Kier molecular flexibility index (Phi) is 4.29. The summed E-state index contributed by atoms with van der Waals surface area (Å²) < 4.78 is 27.0. The Labute approximate surface area is 95.6 Å². The number of furan rings is 1. The van der Waals surface area contributed by atoms with Gasteiger partial charge in [0.1, 0.15) is 15.6 Å². The van der Waals surface area contributed by atoms with Crippen LogP contribution in [0.5, 0.6) is 0 Å². The first kappa shape index (κ1) is 13.0. The molecule has 90 valence electrons. The van der Waals surface area contributed by atoms with Gasteiger partial charge in [-0.3, -0.25) is 4.79 Å². The topological polar surface area (TPSA) is 64.3 Å². The van der Waals surface area contributed by atoms with Gasteiger partial charge in [-0.15, -0.1) is 0 Å². The van der Waals surface area contributed by atoms with Crippen molar-refractivity contribution in [3.63, 3.8) is 0 Å². The maximum absolute atomic E-state index is 11.6. The Morgan fingerprint density at radius 3 is 2.56 bits per heavy atom. The Morgan fingerprint density at radius 2 is 2.06 bits per heavy atom. The lowest BCUT2D eigenvalue weighted by Gasteiger charge is -1.97. The number of carbonyl (C=O) groups excluding carboxylic acids is 1. The Morgan fingerprint density at radius 1 is 1.38 bits per heavy atom. The van der Waals surface area contributed by atoms with E-state index < -0.39 is 9.84 Å². The fourth-order valence-corrected chi connectivity index (χ4v) is 2.00. The molecule has 0 radical (unpaired) electrons. The number of hydrogen-bond donors (Lipinski definition) is 0. The molecule has 0 aliphatic carbocycles. The molecule has 0 atom stereocenters. The minimum atomic E-state index is -2.98. The normalized spacial score (nSPS) is 11.6. The number of carbonyl (C=O) groups is 1. The third kappa shape index (κ3) is 4.18. The van der Waals surface area contributed by atoms with Crippen LogP contribution in [0.3, 0.4) is 0 Å². The molecule has 0 N–H and O–H groups in total. The highest BCUT2D eigenvalue weighted by Gasteiger charge is 2.11. The van der Waals surface area contributed by atoms with Crippen molar-refractivity contribution in [1.82, 2.24) is 0 Å². The maximum Gasteiger partial charge on any atom is 0.198 e. The van der Waals surface area contributed by atoms with Gasteiger partial charge in [0, 0.05) is 19.1 Å². The Hall–Kier alpha value is -1.10. The molecular formula is C11H16O4S. The summed E-state index contributed by atoms with van der Waals surface area (Å²) in [6, 6.07) is 3.41. The standard InChI is InChI=1S/C11H16O4S/c1-3-9-6-7-11(15-9)10(12)5-4-8-16(2,13)14/h6-7H,3-5,8H2,1-2H3. The lowest BCUT2D eigenvalue weighted by atomic mass is 10.2. The second kappa shape index (κ2) is 5.30. The third-order valence-corrected chi connectivity index (χ3v) is 3.23. The highest BCUT2D eigenvalue weighted by molar-refractivity contribution is 7.90. The summed E-state index contributed by atoms with van der Waals surface area (Å²) in [5.74, 6) is 1.00. The minimum Gasteiger partial charge on any atom is -0.458 e. The number of rotatable bonds is 6. The van der Waals surface area contributed by atoms with E-state index in [1.807, 2.05) is 6.92 Å². The molecule has 0 saturated heterocycles. The highest BCUT2D eigenvalue weighted by atomic mass is 32.2. The van der Waals surface area contributed by atoms with Gasteiger partial charge >= 0.3 is 0 Å². The molecule has 0 spiro atoms. The number of ketones is 1. The van der Waals surface area contributed by atoms with Crippen LogP contribution >= 0.6 is 0 Å². The van der Waals surface area contributed by atoms with Gasteiger partial charge in [-0.05, 0) is 18.6 Å². The molecule has 0 unspecified atom stereocenters. The zero-order chi connectivity index (χ0) is 12.2. The van der Waals surface area contributed by atoms with Gasteiger partial charge < -0.3 is 4.42 Å². The molecule has 1 aromatic heterocycles. The lowest BCUT2D eigenvalue weighted by Crippen LogP contribution is -2.06. The third-order valence-electron chi connectivity index (χ3n) is 2.20. The van der Waals surface area contributed by atoms with E-state index in [1.165, 1.54) is 6.26 Å². The van der Waals surface area contributed by atoms with Crippen molar-refractivity contribution in [1.29, 1.82) is 0 Å². The van der Waals surface area contributed by atoms with Crippen molar-refractivity contribution in [2.45, 2.75) is 26.2 Å². The van der Waals surface area contributed by atoms with Crippen molar-refractivity contribution < 1.29 is 17.6 Å². The minimum absolute atomic E-state index is 0.0417. The van der Waals surface area contributed by atoms with Crippen LogP contribution < -0.4 is 0 Å². The zero-order valence-electron chi connectivity index (χ0n) is 9.52. The van der Waals surface area contributed by atoms with Gasteiger partial charge in [0.25, 0.3) is 0 Å². The van der Waals surface area contributed by atoms with Crippen LogP contribution in [-0.2, 0) is 16.3 Å². The van der Waals surface area contributed by atoms with E-state index in [0.717, 1.165) is 12.2 Å². The summed E-state index contributed by atoms with van der Waals surface area (Å²) in [6.45, 7) is 1.94. The molecule has 4 nitrogen and oxygen atoms in total. The first-order valence-electron chi connectivity index (χ1n) is 5.22. The van der Waals surface area contributed by atoms with E-state index in [2.05, 4.69) is 0 Å². The molecular weight excluding hydrogens is 228 g/mol. The zero-order valence-corrected chi connectivity index (χ0v) is 10.3. The van der Waals surface area contributed by atoms with Crippen molar-refractivity contribution in [3.8, 4) is 0 Å². The molecule has 16 heavy (non-hydrogen) atoms. The summed E-state index contributed by atoms with van der Waals surface area (Å²) in [7, 11) is -2.98. The lowest BCUT2D eigenvalue weighted by molar-refractivity contribution is 0.0953. The first-order valence-corrected chi connectivity index (χ1v) is 7.28. The van der Waals surface area contributed by atoms with E-state index in [1.54, 1.807) is 12.1 Å². The molecule has 1 heterocycles. The molecule has 1 aromatic rings. The van der Waals surface area contributed by atoms with Gasteiger partial charge in [-0.25, -0.2) is 8.42 Å². The van der Waals surface area contributed by atoms with Crippen LogP contribution in [0.1, 0.15) is 36.1 Å². The summed E-state index contributed by atoms with van der Waals surface area (Å²) in [4.78, 5) is 11.6. The van der Waals surface area contributed by atoms with Gasteiger partial charge in [0.15, 0.2) is 11.5 Å². The monoisotopic (exact) mass is 244 g/mol. The maximum atomic E-state index is 11.6. The van der Waals surface area contributed by atoms with E-state index >= 15 is 0 Å². The van der Waals surface area contributed by atoms with E-state index in [-0.39, 0.29) is 18.0 Å². The summed E-state index contributed by atoms with van der Waals surface area (Å²) >= 11 is 0. The summed E-state index contributed by atoms with van der Waals surface area (Å²) in [5, 5.41) is 0. The SMILES string of the molecule is CCc1ccc(C(=O)CCCS(C)(=O)=O)o1. The van der Waals surface area contributed by atoms with Gasteiger partial charge in [-0.2, -0.15) is 0 Å². The van der Waals surface area contributed by atoms with Crippen molar-refractivity contribution >= 4 is 15.6 Å². The number of sulfone groups is 1. The molecule has 0 fully saturated rings. The van der Waals surface area contributed by atoms with Crippen molar-refractivity contribution in [2.24, 2.45) is 0 Å². The number of Topliss-reactive ketones (excluding diaryl/α,β-unsaturated/α-hetero) is 1. The van der Waals surface area contributed by atoms with E-state index in [9.17, 15) is 13.2 Å². The van der Waals surface area contributed by atoms with E-state index in [4.69, 9.17) is 4.42 Å². The second-order valence-corrected chi connectivity index (χ2v) is 6.04. The molecule has 1 rings (SSSR count). The summed E-state index contributed by atoms with van der Waals surface area (Å²) in [5.41, 5.74) is 0. The fraction of sp³-hybridized carbons (Fsp3) is 0.545. The molecule has 5 heteroatoms. The van der Waals surface area contributed by atoms with Crippen molar-refractivity contribution in [3.05, 3.63) is 23.7 Å². The molecule has 0 aromatic carbocycles. The fourth-order valence-electron chi connectivity index (χ4n) is 1.34. The van der Waals surface area contributed by atoms with Crippen LogP contribution in [0.4, 0.5) is 0 Å². The van der Waals surface area contributed by atoms with Crippen LogP contribution in [-0.4, -0.2) is 26.2 Å². The predicted octanol–water partition coefficient (Wildman–Crippen LogP) is 1.85. The Balaban J connectivity index is 2.47. The van der Waals surface area contributed by atoms with Crippen LogP contribution in [0.2, 0.25) is 0 Å². The van der Waals surface area contributed by atoms with E-state index in [0.29, 0.717) is 12.2 Å². The van der Waals surface area contributed by atoms with Crippen molar-refractivity contribution in [2.75, 3.05) is 12.0 Å². The second-order valence-electron chi connectivity index (χ2n) is 3.78. The molecule has 0 saturated carbocycles. The van der Waals surface area contributed by atoms with Crippen LogP contribution in [0.15, 0.2) is 16.5 Å². The van der Waals surface area contributed by atoms with Gasteiger partial charge in [-0.1, -0.05) is 6.92 Å². The molecule has 0 aliphatic rings. The average Bonchev–Trinajstić information content (AvgIpc) is 2.63. The van der Waals surface area contributed by atoms with Gasteiger partial charge in [0.05, 0.1) is 5.75 Å². The van der Waals surface area contributed by atoms with Crippen LogP contribution in [0, 0.1) is 0 Å². The van der Waals surface area contributed by atoms with Gasteiger partial charge in [0.2, 0.25) is 0 Å². The predicted molar refractivity (Wildman–Crippen MR) is 61.4 cm³/mol. The molecule has 0 aliphatic heterocycles. The Bertz CT molecular complexity index is 456. The summed E-state index contributed by atoms with van der Waals surface area (Å²) in [6.07, 6.45) is 2.47. The number of aryl methyl sites for hydroxylation is 1. The molecule has 0 bridgehead atoms. The highest BCUT2D eigenvalue weighted by Crippen LogP contribution is 2.11. The molecule has 0 amide bonds. The van der Waals surface area contributed by atoms with Crippen LogP contribution in [0.25, 0.3) is 0 Å². The smallest absolute Gasteiger partial charge is 0.198 e. The number of hydrogen-bond acceptors (Lipinski definition) is 4. The first-order chi connectivity index (χ1) is 7.42. The quantitative estimate of drug-likeness (QED) is 0.716. The average molecular weight is 244 g/mol. The largest absolute Gasteiger partial charge is 0.458 e.